The zero-order valence-corrected chi connectivity index (χ0v) is 21.4. The number of carbonyl (C=O) groups excluding carboxylic acids is 1. The molecule has 2 aliphatic heterocycles. The standard InChI is InChI=1S/C31H33N5O/c1-22-4-6-23(7-5-22)24-8-10-25(11-9-24)31(37)33-26-12-13-28-29(20-26)32-21-30(34-28)36-18-14-27(15-19-36)35-16-2-3-17-35/h4-13,20-21,27H,2-3,14-19H2,1H3,(H,33,37). The van der Waals surface area contributed by atoms with Crippen molar-refractivity contribution in [3.63, 3.8) is 0 Å². The molecular formula is C31H33N5O. The number of nitrogens with zero attached hydrogens (tertiary/aromatic N) is 4. The van der Waals surface area contributed by atoms with Crippen LogP contribution in [0.5, 0.6) is 0 Å². The summed E-state index contributed by atoms with van der Waals surface area (Å²) < 4.78 is 0. The predicted octanol–water partition coefficient (Wildman–Crippen LogP) is 5.92. The average molecular weight is 492 g/mol. The van der Waals surface area contributed by atoms with Gasteiger partial charge in [0, 0.05) is 30.4 Å². The van der Waals surface area contributed by atoms with Crippen LogP contribution in [0.4, 0.5) is 11.5 Å². The van der Waals surface area contributed by atoms with Crippen molar-refractivity contribution < 1.29 is 4.79 Å². The molecule has 0 aliphatic carbocycles. The van der Waals surface area contributed by atoms with Crippen molar-refractivity contribution in [3.8, 4) is 11.1 Å². The van der Waals surface area contributed by atoms with Gasteiger partial charge in [-0.1, -0.05) is 42.0 Å². The Morgan fingerprint density at radius 1 is 0.838 bits per heavy atom. The fraction of sp³-hybridized carbons (Fsp3) is 0.323. The summed E-state index contributed by atoms with van der Waals surface area (Å²) in [5.41, 5.74) is 6.43. The highest BCUT2D eigenvalue weighted by Gasteiger charge is 2.27. The first-order chi connectivity index (χ1) is 18.1. The molecule has 0 bridgehead atoms. The van der Waals surface area contributed by atoms with E-state index in [1.807, 2.05) is 48.7 Å². The highest BCUT2D eigenvalue weighted by atomic mass is 16.1. The molecule has 3 aromatic carbocycles. The molecule has 0 unspecified atom stereocenters. The molecule has 6 nitrogen and oxygen atoms in total. The van der Waals surface area contributed by atoms with Crippen LogP contribution >= 0.6 is 0 Å². The van der Waals surface area contributed by atoms with E-state index >= 15 is 0 Å². The van der Waals surface area contributed by atoms with E-state index in [0.29, 0.717) is 11.3 Å². The van der Waals surface area contributed by atoms with Gasteiger partial charge in [0.1, 0.15) is 5.82 Å². The van der Waals surface area contributed by atoms with E-state index < -0.39 is 0 Å². The largest absolute Gasteiger partial charge is 0.355 e. The lowest BCUT2D eigenvalue weighted by atomic mass is 10.0. The highest BCUT2D eigenvalue weighted by Crippen LogP contribution is 2.26. The number of amides is 1. The second-order valence-electron chi connectivity index (χ2n) is 10.3. The van der Waals surface area contributed by atoms with E-state index in [1.165, 1.54) is 44.3 Å². The van der Waals surface area contributed by atoms with Crippen molar-refractivity contribution in [1.82, 2.24) is 14.9 Å². The van der Waals surface area contributed by atoms with Crippen LogP contribution in [0.15, 0.2) is 72.9 Å². The summed E-state index contributed by atoms with van der Waals surface area (Å²) in [6.07, 6.45) is 6.94. The first-order valence-corrected chi connectivity index (χ1v) is 13.4. The maximum Gasteiger partial charge on any atom is 0.255 e. The van der Waals surface area contributed by atoms with E-state index in [4.69, 9.17) is 4.98 Å². The molecule has 0 atom stereocenters. The van der Waals surface area contributed by atoms with Crippen molar-refractivity contribution in [2.45, 2.75) is 38.6 Å². The fourth-order valence-electron chi connectivity index (χ4n) is 5.56. The smallest absolute Gasteiger partial charge is 0.255 e. The number of hydrogen-bond acceptors (Lipinski definition) is 5. The molecule has 3 heterocycles. The van der Waals surface area contributed by atoms with Crippen molar-refractivity contribution >= 4 is 28.4 Å². The number of likely N-dealkylation sites (tertiary alicyclic amines) is 1. The highest BCUT2D eigenvalue weighted by molar-refractivity contribution is 6.05. The molecule has 0 spiro atoms. The van der Waals surface area contributed by atoms with Gasteiger partial charge < -0.3 is 15.1 Å². The van der Waals surface area contributed by atoms with Gasteiger partial charge in [0.25, 0.3) is 5.91 Å². The topological polar surface area (TPSA) is 61.4 Å². The van der Waals surface area contributed by atoms with E-state index in [2.05, 4.69) is 51.3 Å². The normalized spacial score (nSPS) is 16.8. The molecule has 2 fully saturated rings. The molecule has 1 N–H and O–H groups in total. The molecule has 37 heavy (non-hydrogen) atoms. The van der Waals surface area contributed by atoms with Crippen molar-refractivity contribution in [3.05, 3.63) is 84.1 Å². The fourth-order valence-corrected chi connectivity index (χ4v) is 5.56. The third kappa shape index (κ3) is 5.20. The second kappa shape index (κ2) is 10.3. The molecule has 6 rings (SSSR count). The second-order valence-corrected chi connectivity index (χ2v) is 10.3. The van der Waals surface area contributed by atoms with Gasteiger partial charge in [-0.2, -0.15) is 0 Å². The number of carbonyl (C=O) groups is 1. The first-order valence-electron chi connectivity index (χ1n) is 13.4. The SMILES string of the molecule is Cc1ccc(-c2ccc(C(=O)Nc3ccc4nc(N5CCC(N6CCCC6)CC5)cnc4c3)cc2)cc1. The summed E-state index contributed by atoms with van der Waals surface area (Å²) in [6.45, 7) is 6.65. The Morgan fingerprint density at radius 3 is 2.22 bits per heavy atom. The van der Waals surface area contributed by atoms with Crippen LogP contribution in [0.25, 0.3) is 22.2 Å². The zero-order valence-electron chi connectivity index (χ0n) is 21.4. The van der Waals surface area contributed by atoms with Crippen molar-refractivity contribution in [2.24, 2.45) is 0 Å². The van der Waals surface area contributed by atoms with Gasteiger partial charge in [-0.25, -0.2) is 4.98 Å². The monoisotopic (exact) mass is 491 g/mol. The van der Waals surface area contributed by atoms with Crippen molar-refractivity contribution in [2.75, 3.05) is 36.4 Å². The van der Waals surface area contributed by atoms with Gasteiger partial charge in [-0.3, -0.25) is 9.78 Å². The van der Waals surface area contributed by atoms with Crippen LogP contribution < -0.4 is 10.2 Å². The molecule has 188 valence electrons. The van der Waals surface area contributed by atoms with Gasteiger partial charge in [-0.05, 0) is 87.2 Å². The Balaban J connectivity index is 1.10. The molecule has 2 saturated heterocycles. The zero-order chi connectivity index (χ0) is 25.2. The number of anilines is 2. The molecule has 2 aliphatic rings. The van der Waals surface area contributed by atoms with Crippen LogP contribution in [0, 0.1) is 6.92 Å². The van der Waals surface area contributed by atoms with E-state index in [9.17, 15) is 4.79 Å². The van der Waals surface area contributed by atoms with Crippen LogP contribution in [0.2, 0.25) is 0 Å². The lowest BCUT2D eigenvalue weighted by Gasteiger charge is -2.37. The third-order valence-electron chi connectivity index (χ3n) is 7.76. The number of nitrogens with one attached hydrogen (secondary N) is 1. The van der Waals surface area contributed by atoms with Crippen LogP contribution in [-0.4, -0.2) is 53.0 Å². The predicted molar refractivity (Wildman–Crippen MR) is 150 cm³/mol. The molecule has 0 saturated carbocycles. The molecule has 4 aromatic rings. The van der Waals surface area contributed by atoms with E-state index in [1.54, 1.807) is 0 Å². The summed E-state index contributed by atoms with van der Waals surface area (Å²) in [5, 5.41) is 3.00. The Hall–Kier alpha value is -3.77. The minimum atomic E-state index is -0.139. The number of fused-ring (bicyclic) bond motifs is 1. The van der Waals surface area contributed by atoms with Crippen LogP contribution in [0.3, 0.4) is 0 Å². The summed E-state index contributed by atoms with van der Waals surface area (Å²) >= 11 is 0. The summed E-state index contributed by atoms with van der Waals surface area (Å²) in [7, 11) is 0. The number of hydrogen-bond donors (Lipinski definition) is 1. The Morgan fingerprint density at radius 2 is 1.51 bits per heavy atom. The molecule has 6 heteroatoms. The summed E-state index contributed by atoms with van der Waals surface area (Å²) in [5.74, 6) is 0.804. The first kappa shape index (κ1) is 23.6. The van der Waals surface area contributed by atoms with E-state index in [-0.39, 0.29) is 5.91 Å². The van der Waals surface area contributed by atoms with Gasteiger partial charge >= 0.3 is 0 Å². The lowest BCUT2D eigenvalue weighted by Crippen LogP contribution is -2.44. The lowest BCUT2D eigenvalue weighted by molar-refractivity contribution is 0.102. The number of benzene rings is 3. The maximum atomic E-state index is 12.9. The number of rotatable bonds is 5. The average Bonchev–Trinajstić information content (AvgIpc) is 3.49. The van der Waals surface area contributed by atoms with Gasteiger partial charge in [-0.15, -0.1) is 0 Å². The van der Waals surface area contributed by atoms with Gasteiger partial charge in [0.05, 0.1) is 17.2 Å². The Kier molecular flexibility index (Phi) is 6.58. The number of aromatic nitrogens is 2. The summed E-state index contributed by atoms with van der Waals surface area (Å²) in [4.78, 5) is 27.4. The molecule has 1 aromatic heterocycles. The quantitative estimate of drug-likeness (QED) is 0.375. The Labute approximate surface area is 218 Å². The minimum absolute atomic E-state index is 0.139. The van der Waals surface area contributed by atoms with Gasteiger partial charge in [0.15, 0.2) is 0 Å². The minimum Gasteiger partial charge on any atom is -0.355 e. The van der Waals surface area contributed by atoms with Crippen LogP contribution in [0.1, 0.15) is 41.6 Å². The van der Waals surface area contributed by atoms with Gasteiger partial charge in [0.2, 0.25) is 0 Å². The molecule has 0 radical (unpaired) electrons. The number of aryl methyl sites for hydroxylation is 1. The Bertz CT molecular complexity index is 1390. The third-order valence-corrected chi connectivity index (χ3v) is 7.76. The van der Waals surface area contributed by atoms with E-state index in [0.717, 1.165) is 47.1 Å². The van der Waals surface area contributed by atoms with Crippen molar-refractivity contribution in [1.29, 1.82) is 0 Å². The summed E-state index contributed by atoms with van der Waals surface area (Å²) in [6, 6.07) is 22.6. The van der Waals surface area contributed by atoms with Crippen LogP contribution in [-0.2, 0) is 0 Å². The maximum absolute atomic E-state index is 12.9. The molecular weight excluding hydrogens is 458 g/mol. The molecule has 1 amide bonds. The number of piperidine rings is 1.